The first-order valence-corrected chi connectivity index (χ1v) is 13.3. The van der Waals surface area contributed by atoms with Gasteiger partial charge < -0.3 is 24.1 Å². The largest absolute Gasteiger partial charge is 0.619 e. The molecule has 0 saturated carbocycles. The minimum atomic E-state index is -0.841. The number of carbonyl (C=O) groups excluding carboxylic acids is 3. The molecule has 0 radical (unpaired) electrons. The Bertz CT molecular complexity index is 1370. The number of esters is 3. The van der Waals surface area contributed by atoms with Crippen LogP contribution in [0.4, 0.5) is 5.69 Å². The molecule has 1 heterocycles. The smallest absolute Gasteiger partial charge is 0.608 e. The Hall–Kier alpha value is -5.09. The first-order valence-electron chi connectivity index (χ1n) is 13.3. The van der Waals surface area contributed by atoms with Crippen LogP contribution in [0, 0.1) is 0 Å². The van der Waals surface area contributed by atoms with Crippen LogP contribution in [0.2, 0.25) is 0 Å². The van der Waals surface area contributed by atoms with E-state index in [0.29, 0.717) is 5.69 Å². The second-order valence-electron chi connectivity index (χ2n) is 8.91. The van der Waals surface area contributed by atoms with E-state index >= 15 is 0 Å². The zero-order valence-electron chi connectivity index (χ0n) is 23.8. The summed E-state index contributed by atoms with van der Waals surface area (Å²) in [7, 11) is 0. The Morgan fingerprint density at radius 1 is 1.12 bits per heavy atom. The molecule has 0 spiro atoms. The number of ether oxygens (including phenoxy) is 4. The topological polar surface area (TPSA) is 152 Å². The lowest BCUT2D eigenvalue weighted by Crippen LogP contribution is -2.40. The van der Waals surface area contributed by atoms with Crippen LogP contribution in [0.25, 0.3) is 0 Å². The molecule has 2 aliphatic rings. The van der Waals surface area contributed by atoms with Crippen molar-refractivity contribution in [1.29, 1.82) is 0 Å². The minimum absolute atomic E-state index is 0.0739. The number of allylic oxidation sites excluding steroid dienone is 5. The van der Waals surface area contributed by atoms with Gasteiger partial charge in [-0.05, 0) is 39.0 Å². The summed E-state index contributed by atoms with van der Waals surface area (Å²) < 4.78 is 21.1. The lowest BCUT2D eigenvalue weighted by atomic mass is 10.0. The van der Waals surface area contributed by atoms with Crippen molar-refractivity contribution in [3.8, 4) is 0 Å². The van der Waals surface area contributed by atoms with Gasteiger partial charge >= 0.3 is 24.1 Å². The van der Waals surface area contributed by atoms with E-state index in [2.05, 4.69) is 28.1 Å². The molecular weight excluding hydrogens is 544 g/mol. The van der Waals surface area contributed by atoms with Gasteiger partial charge in [-0.2, -0.15) is 9.90 Å². The molecule has 0 bridgehead atoms. The molecule has 0 N–H and O–H groups in total. The maximum Gasteiger partial charge on any atom is 0.619 e. The van der Waals surface area contributed by atoms with Gasteiger partial charge in [-0.25, -0.2) is 9.59 Å². The van der Waals surface area contributed by atoms with Crippen LogP contribution in [0.15, 0.2) is 88.0 Å². The zero-order valence-corrected chi connectivity index (χ0v) is 23.8. The van der Waals surface area contributed by atoms with Gasteiger partial charge in [0.2, 0.25) is 0 Å². The van der Waals surface area contributed by atoms with Crippen LogP contribution in [0.1, 0.15) is 44.5 Å². The van der Waals surface area contributed by atoms with Crippen LogP contribution in [0.5, 0.6) is 0 Å². The molecule has 1 aromatic rings. The number of rotatable bonds is 12. The normalized spacial score (nSPS) is 19.5. The van der Waals surface area contributed by atoms with E-state index in [4.69, 9.17) is 18.9 Å². The fourth-order valence-corrected chi connectivity index (χ4v) is 3.92. The summed E-state index contributed by atoms with van der Waals surface area (Å²) in [6.07, 6.45) is 8.56. The van der Waals surface area contributed by atoms with Crippen molar-refractivity contribution in [2.45, 2.75) is 52.4 Å². The summed E-state index contributed by atoms with van der Waals surface area (Å²) >= 11 is 0. The number of hydrazone groups is 1. The van der Waals surface area contributed by atoms with Crippen molar-refractivity contribution >= 4 is 41.2 Å². The van der Waals surface area contributed by atoms with Gasteiger partial charge in [0.05, 0.1) is 42.2 Å². The third kappa shape index (κ3) is 7.98. The van der Waals surface area contributed by atoms with Crippen molar-refractivity contribution in [3.63, 3.8) is 0 Å². The van der Waals surface area contributed by atoms with Crippen LogP contribution in [-0.4, -0.2) is 67.0 Å². The Kier molecular flexibility index (Phi) is 11.3. The first kappa shape index (κ1) is 31.4. The van der Waals surface area contributed by atoms with Crippen molar-refractivity contribution in [2.24, 2.45) is 15.3 Å². The summed E-state index contributed by atoms with van der Waals surface area (Å²) in [6.45, 7) is 10.6. The van der Waals surface area contributed by atoms with Crippen molar-refractivity contribution in [3.05, 3.63) is 78.3 Å². The Morgan fingerprint density at radius 3 is 2.55 bits per heavy atom. The van der Waals surface area contributed by atoms with Crippen LogP contribution in [-0.2, 0) is 28.5 Å². The van der Waals surface area contributed by atoms with Crippen LogP contribution < -0.4 is 10.1 Å². The third-order valence-electron chi connectivity index (χ3n) is 5.98. The predicted molar refractivity (Wildman–Crippen MR) is 154 cm³/mol. The van der Waals surface area contributed by atoms with E-state index in [-0.39, 0.29) is 42.2 Å². The summed E-state index contributed by atoms with van der Waals surface area (Å²) in [4.78, 5) is 37.1. The highest BCUT2D eigenvalue weighted by Gasteiger charge is 2.36. The molecule has 0 saturated heterocycles. The van der Waals surface area contributed by atoms with Gasteiger partial charge in [0, 0.05) is 18.1 Å². The Morgan fingerprint density at radius 2 is 1.83 bits per heavy atom. The number of hydrogen-bond donors (Lipinski definition) is 0. The van der Waals surface area contributed by atoms with Gasteiger partial charge in [-0.1, -0.05) is 55.0 Å². The molecule has 12 heteroatoms. The number of benzene rings is 1. The molecule has 1 aromatic carbocycles. The molecule has 0 aromatic heterocycles. The maximum absolute atomic E-state index is 13.3. The molecule has 0 fully saturated rings. The molecular formula is C30H32N4O8. The monoisotopic (exact) mass is 576 g/mol. The molecule has 220 valence electrons. The fraction of sp³-hybridized carbons (Fsp3) is 0.333. The Balaban J connectivity index is 1.93. The molecule has 1 unspecified atom stereocenters. The van der Waals surface area contributed by atoms with Crippen molar-refractivity contribution < 1.29 is 38.4 Å². The number of nitrogens with zero attached hydrogens (tertiary/aromatic N) is 4. The van der Waals surface area contributed by atoms with Crippen molar-refractivity contribution in [1.82, 2.24) is 0 Å². The highest BCUT2D eigenvalue weighted by Crippen LogP contribution is 2.32. The summed E-state index contributed by atoms with van der Waals surface area (Å²) in [6, 6.07) is 5.93. The van der Waals surface area contributed by atoms with E-state index in [1.165, 1.54) is 23.2 Å². The van der Waals surface area contributed by atoms with E-state index in [9.17, 15) is 19.5 Å². The molecule has 12 nitrogen and oxygen atoms in total. The van der Waals surface area contributed by atoms with Gasteiger partial charge in [0.15, 0.2) is 0 Å². The molecule has 0 amide bonds. The zero-order chi connectivity index (χ0) is 30.6. The van der Waals surface area contributed by atoms with E-state index in [0.717, 1.165) is 0 Å². The minimum Gasteiger partial charge on any atom is -0.608 e. The number of anilines is 1. The predicted octanol–water partition coefficient (Wildman–Crippen LogP) is 2.89. The second-order valence-corrected chi connectivity index (χ2v) is 8.91. The van der Waals surface area contributed by atoms with Crippen molar-refractivity contribution in [2.75, 3.05) is 18.2 Å². The second kappa shape index (κ2) is 15.1. The molecule has 1 aliphatic heterocycles. The fourth-order valence-electron chi connectivity index (χ4n) is 3.92. The summed E-state index contributed by atoms with van der Waals surface area (Å²) in [5.41, 5.74) is 0.875. The van der Waals surface area contributed by atoms with Gasteiger partial charge in [0.25, 0.3) is 0 Å². The number of hydrogen-bond acceptors (Lipinski definition) is 12. The number of carbonyl (C=O) groups is 3. The molecule has 1 aliphatic carbocycles. The average molecular weight is 577 g/mol. The van der Waals surface area contributed by atoms with Gasteiger partial charge in [-0.15, -0.1) is 0 Å². The third-order valence-corrected chi connectivity index (χ3v) is 5.98. The quantitative estimate of drug-likeness (QED) is 0.0696. The Labute approximate surface area is 244 Å². The highest BCUT2D eigenvalue weighted by atomic mass is 16.6. The highest BCUT2D eigenvalue weighted by molar-refractivity contribution is 6.37. The SMILES string of the molecule is C=CC(C)OC(=O)c1ccccc1N1N=C(C(=O)OCC)C[C@@H]1[C@@H](C)O/C([O-])=C1\C=CC=C\C1=N/N=[C+]C(=O)OCC. The maximum atomic E-state index is 13.3. The van der Waals surface area contributed by atoms with E-state index in [1.54, 1.807) is 64.1 Å². The van der Waals surface area contributed by atoms with Crippen LogP contribution in [0.3, 0.4) is 0 Å². The number of para-hydroxylation sites is 1. The standard InChI is InChI=1S/C30H32N4O8/c1-6-19(4)41-29(37)22-14-10-12-16-25(22)34-26(17-24(33-34)30(38)40-8-3)20(5)42-28(36)21-13-9-11-15-23(21)32-31-18-27(35)39-7-2/h6,9-16,19-20,26H,1,7-8,17H2,2-5H3/t19?,20-,26-/m1/s1. The lowest BCUT2D eigenvalue weighted by molar-refractivity contribution is -0.363. The summed E-state index contributed by atoms with van der Waals surface area (Å²) in [5, 5.41) is 26.7. The van der Waals surface area contributed by atoms with Crippen LogP contribution >= 0.6 is 0 Å². The van der Waals surface area contributed by atoms with Gasteiger partial charge in [0.1, 0.15) is 16.9 Å². The molecule has 3 rings (SSSR count). The molecule has 3 atom stereocenters. The summed E-state index contributed by atoms with van der Waals surface area (Å²) in [5.74, 6) is -2.76. The average Bonchev–Trinajstić information content (AvgIpc) is 3.43. The van der Waals surface area contributed by atoms with E-state index < -0.39 is 42.1 Å². The first-order chi connectivity index (χ1) is 20.2. The van der Waals surface area contributed by atoms with Gasteiger partial charge in [-0.3, -0.25) is 5.01 Å². The molecule has 42 heavy (non-hydrogen) atoms. The van der Waals surface area contributed by atoms with E-state index in [1.807, 2.05) is 0 Å². The lowest BCUT2D eigenvalue weighted by Gasteiger charge is -2.35.